The van der Waals surface area contributed by atoms with Gasteiger partial charge >= 0.3 is 18.0 Å². The molecule has 37 heteroatoms. The molecule has 0 spiro atoms. The number of aromatic nitrogens is 1. The Morgan fingerprint density at radius 2 is 0.853 bits per heavy atom. The highest BCUT2D eigenvalue weighted by Crippen LogP contribution is 2.44. The Bertz CT molecular complexity index is 4210. The number of hydrogen-bond acceptors (Lipinski definition) is 21. The molecule has 37 nitrogen and oxygen atoms in total. The van der Waals surface area contributed by atoms with E-state index in [9.17, 15) is 92.3 Å². The Morgan fingerprint density at radius 3 is 1.37 bits per heavy atom. The summed E-state index contributed by atoms with van der Waals surface area (Å²) < 4.78 is 5.67. The Labute approximate surface area is 670 Å². The largest absolute Gasteiger partial charge is 0.481 e. The van der Waals surface area contributed by atoms with E-state index in [2.05, 4.69) is 74.1 Å². The number of benzene rings is 4. The number of nitrogens with two attached hydrogens (primary N) is 3. The molecule has 1 heterocycles. The number of H-pyrrole nitrogens is 1. The number of fused-ring (bicyclic) bond motifs is 4. The van der Waals surface area contributed by atoms with Crippen LogP contribution in [0.2, 0.25) is 0 Å². The molecule has 0 radical (unpaired) electrons. The highest BCUT2D eigenvalue weighted by atomic mass is 16.5. The Morgan fingerprint density at radius 1 is 0.440 bits per heavy atom. The molecule has 0 bridgehead atoms. The minimum absolute atomic E-state index is 0.0384. The van der Waals surface area contributed by atoms with E-state index in [0.717, 1.165) is 22.3 Å². The summed E-state index contributed by atoms with van der Waals surface area (Å²) in [6.45, 7) is 7.34. The van der Waals surface area contributed by atoms with Gasteiger partial charge in [0.25, 0.3) is 0 Å². The van der Waals surface area contributed by atoms with Crippen molar-refractivity contribution in [3.8, 4) is 11.1 Å². The molecule has 4 aromatic carbocycles. The van der Waals surface area contributed by atoms with E-state index in [1.807, 2.05) is 48.5 Å². The lowest BCUT2D eigenvalue weighted by atomic mass is 9.96. The summed E-state index contributed by atoms with van der Waals surface area (Å²) in [5.41, 5.74) is 23.2. The third-order valence-corrected chi connectivity index (χ3v) is 19.6. The van der Waals surface area contributed by atoms with Gasteiger partial charge in [0.05, 0.1) is 19.8 Å². The number of ether oxygens (including phenoxy) is 1. The van der Waals surface area contributed by atoms with Crippen molar-refractivity contribution in [1.82, 2.24) is 74.1 Å². The first-order valence-electron chi connectivity index (χ1n) is 38.4. The van der Waals surface area contributed by atoms with Crippen molar-refractivity contribution in [3.05, 3.63) is 132 Å². The van der Waals surface area contributed by atoms with Gasteiger partial charge < -0.3 is 116 Å². The number of rotatable bonds is 47. The van der Waals surface area contributed by atoms with Gasteiger partial charge in [0, 0.05) is 42.3 Å². The number of aliphatic hydroxyl groups is 2. The van der Waals surface area contributed by atoms with Crippen LogP contribution in [0.25, 0.3) is 22.0 Å². The molecule has 0 fully saturated rings. The molecule has 1 aliphatic carbocycles. The minimum atomic E-state index is -1.89. The van der Waals surface area contributed by atoms with Crippen LogP contribution >= 0.6 is 0 Å². The quantitative estimate of drug-likeness (QED) is 0.0194. The summed E-state index contributed by atoms with van der Waals surface area (Å²) in [6, 6.07) is 12.2. The fourth-order valence-electron chi connectivity index (χ4n) is 12.9. The minimum Gasteiger partial charge on any atom is -0.481 e. The Hall–Kier alpha value is -11.9. The standard InChI is InChI=1S/C79H109N17O20/c1-8-43(6)66(77(112)85-44(7)78(113)114)95-76(111)64(41(2)3)94-70(105)54(26-27-63(100)101)87-71(106)58(34-45-18-10-9-11-19-45)91-69(104)57(30-33-82)88-68(103)56(29-32-81)89-74(109)61(39-98)93-72(107)59(35-46-36-83-53-25-17-16-20-47(46)53)92-73(108)60(38-97)86-62(99)37-84-67(102)55(28-31-80)90-75(110)65(42(4)5)96-79(115)116-40-52-50-23-14-12-21-48(50)49-22-13-15-24-51(49)52/h9-25,36,41-44,52,54-61,64-66,83,97-98H,8,26-35,37-40,80-82H2,1-7H3,(H,84,102)(H,85,112)(H,86,99)(H,87,106)(H,88,103)(H,89,109)(H,90,110)(H,91,104)(H,92,108)(H,93,107)(H,94,105)(H,95,111)(H,96,115)(H,100,101)(H,113,114)/t43-,44-,54-,55+,56-,57+,58-,59+,60+,61-,64-,65+,66+/m0/s1. The van der Waals surface area contributed by atoms with E-state index in [4.69, 9.17) is 21.9 Å². The Balaban J connectivity index is 1.11. The second-order valence-electron chi connectivity index (χ2n) is 28.9. The maximum absolute atomic E-state index is 14.5. The van der Waals surface area contributed by atoms with Gasteiger partial charge in [-0.3, -0.25) is 67.1 Å². The zero-order valence-electron chi connectivity index (χ0n) is 65.8. The number of carboxylic acids is 2. The second kappa shape index (κ2) is 45.8. The van der Waals surface area contributed by atoms with Gasteiger partial charge in [-0.1, -0.05) is 145 Å². The third-order valence-electron chi connectivity index (χ3n) is 19.6. The van der Waals surface area contributed by atoms with Gasteiger partial charge in [0.1, 0.15) is 79.1 Å². The van der Waals surface area contributed by atoms with E-state index in [0.29, 0.717) is 28.5 Å². The maximum Gasteiger partial charge on any atom is 0.407 e. The SMILES string of the molecule is CC[C@H](C)[C@@H](NC(=O)[C@@H](NC(=O)[C@H](CCC(=O)O)NC(=O)[C@H](Cc1ccccc1)NC(=O)[C@@H](CCN)NC(=O)[C@H](CCN)NC(=O)[C@H](CO)NC(=O)[C@@H](Cc1c[nH]c2ccccc12)NC(=O)[C@@H](CO)NC(=O)CNC(=O)[C@@H](CCN)NC(=O)[C@H](NC(=O)OCC1c2ccccc2-c2ccccc21)C(C)C)C(C)C)C(=O)N[C@@H](C)C(=O)O. The molecule has 0 saturated heterocycles. The first-order valence-corrected chi connectivity index (χ1v) is 38.4. The molecule has 0 unspecified atom stereocenters. The number of aliphatic hydroxyl groups excluding tert-OH is 2. The molecule has 630 valence electrons. The highest BCUT2D eigenvalue weighted by Gasteiger charge is 2.39. The molecular formula is C79H109N17O20. The smallest absolute Gasteiger partial charge is 0.407 e. The van der Waals surface area contributed by atoms with Gasteiger partial charge in [-0.2, -0.15) is 0 Å². The molecule has 13 atom stereocenters. The fraction of sp³-hybridized carbons (Fsp3) is 0.481. The van der Waals surface area contributed by atoms with Crippen molar-refractivity contribution in [2.24, 2.45) is 35.0 Å². The topological polar surface area (TPSA) is 596 Å². The number of carboxylic acid groups (broad SMARTS) is 2. The van der Waals surface area contributed by atoms with Crippen LogP contribution in [-0.2, 0) is 84.7 Å². The molecule has 0 aliphatic heterocycles. The van der Waals surface area contributed by atoms with Crippen LogP contribution < -0.4 is 86.3 Å². The lowest BCUT2D eigenvalue weighted by molar-refractivity contribution is -0.142. The van der Waals surface area contributed by atoms with E-state index in [1.54, 1.807) is 102 Å². The molecule has 116 heavy (non-hydrogen) atoms. The van der Waals surface area contributed by atoms with Crippen molar-refractivity contribution in [3.63, 3.8) is 0 Å². The van der Waals surface area contributed by atoms with Crippen molar-refractivity contribution in [2.75, 3.05) is 46.0 Å². The molecule has 0 saturated carbocycles. The van der Waals surface area contributed by atoms with E-state index < -0.39 is 212 Å². The van der Waals surface area contributed by atoms with Crippen molar-refractivity contribution < 1.29 is 97.1 Å². The summed E-state index contributed by atoms with van der Waals surface area (Å²) in [7, 11) is 0. The predicted molar refractivity (Wildman–Crippen MR) is 423 cm³/mol. The number of aromatic amines is 1. The molecule has 1 aromatic heterocycles. The number of nitrogens with one attached hydrogen (secondary N) is 14. The number of alkyl carbamates (subject to hydrolysis) is 1. The molecule has 6 rings (SSSR count). The van der Waals surface area contributed by atoms with Crippen LogP contribution in [0.5, 0.6) is 0 Å². The number of para-hydroxylation sites is 1. The molecule has 1 aliphatic rings. The summed E-state index contributed by atoms with van der Waals surface area (Å²) in [4.78, 5) is 208. The van der Waals surface area contributed by atoms with E-state index in [-0.39, 0.29) is 64.3 Å². The van der Waals surface area contributed by atoms with Crippen molar-refractivity contribution in [1.29, 1.82) is 0 Å². The maximum atomic E-state index is 14.5. The van der Waals surface area contributed by atoms with Gasteiger partial charge in [-0.05, 0) is 109 Å². The number of carbonyl (C=O) groups excluding carboxylic acids is 13. The van der Waals surface area contributed by atoms with Gasteiger partial charge in [0.2, 0.25) is 70.9 Å². The monoisotopic (exact) mass is 1620 g/mol. The van der Waals surface area contributed by atoms with Crippen molar-refractivity contribution in [2.45, 2.75) is 178 Å². The first-order chi connectivity index (χ1) is 55.3. The van der Waals surface area contributed by atoms with Gasteiger partial charge in [-0.15, -0.1) is 0 Å². The average Bonchev–Trinajstić information content (AvgIpc) is 1.62. The Kier molecular flexibility index (Phi) is 36.7. The van der Waals surface area contributed by atoms with Gasteiger partial charge in [0.15, 0.2) is 0 Å². The van der Waals surface area contributed by atoms with Crippen molar-refractivity contribution >= 4 is 99.8 Å². The number of aliphatic carboxylic acids is 2. The van der Waals surface area contributed by atoms with E-state index in [1.165, 1.54) is 6.92 Å². The van der Waals surface area contributed by atoms with Crippen LogP contribution in [-0.4, -0.2) is 233 Å². The summed E-state index contributed by atoms with van der Waals surface area (Å²) >= 11 is 0. The first kappa shape index (κ1) is 92.9. The van der Waals surface area contributed by atoms with Crippen LogP contribution in [0.15, 0.2) is 109 Å². The zero-order valence-corrected chi connectivity index (χ0v) is 65.8. The van der Waals surface area contributed by atoms with Gasteiger partial charge in [-0.25, -0.2) is 4.79 Å². The zero-order chi connectivity index (χ0) is 85.5. The average molecular weight is 1620 g/mol. The number of carbonyl (C=O) groups is 15. The van der Waals surface area contributed by atoms with E-state index >= 15 is 0 Å². The van der Waals surface area contributed by atoms with Crippen LogP contribution in [0.4, 0.5) is 4.79 Å². The number of amides is 13. The molecular weight excluding hydrogens is 1510 g/mol. The number of hydrogen-bond donors (Lipinski definition) is 21. The van der Waals surface area contributed by atoms with Crippen LogP contribution in [0, 0.1) is 17.8 Å². The summed E-state index contributed by atoms with van der Waals surface area (Å²) in [5.74, 6) is -16.7. The molecule has 13 amide bonds. The molecule has 5 aromatic rings. The van der Waals surface area contributed by atoms with Crippen LogP contribution in [0.3, 0.4) is 0 Å². The lowest BCUT2D eigenvalue weighted by Crippen LogP contribution is -2.62. The lowest BCUT2D eigenvalue weighted by Gasteiger charge is -2.30. The predicted octanol–water partition coefficient (Wildman–Crippen LogP) is -2.33. The van der Waals surface area contributed by atoms with Crippen LogP contribution in [0.1, 0.15) is 115 Å². The third kappa shape index (κ3) is 27.1. The second-order valence-corrected chi connectivity index (χ2v) is 28.9. The summed E-state index contributed by atoms with van der Waals surface area (Å²) in [6.07, 6.45) is -1.57. The molecule has 24 N–H and O–H groups in total. The fourth-order valence-corrected chi connectivity index (χ4v) is 12.9. The highest BCUT2D eigenvalue weighted by molar-refractivity contribution is 6.00. The summed E-state index contributed by atoms with van der Waals surface area (Å²) in [5, 5.41) is 73.1. The normalized spacial score (nSPS) is 15.0.